The Labute approximate surface area is 361 Å². The van der Waals surface area contributed by atoms with E-state index in [2.05, 4.69) is 143 Å². The van der Waals surface area contributed by atoms with Crippen LogP contribution in [0, 0.1) is 19.1 Å². The standard InChI is InChI=1S/C35H22N3O.C17H22NSi.Ir/c1-22-18-20-28-27-14-9-15-29(33(27)39-35(28)36-22)34-37-30-16-7-8-17-31(30)38(34)32-25-13-6-5-12-24(25)19-21-26(32)23-10-3-2-4-11-23;1-13(2)15-11-16(14-9-7-6-8-10-14)18-12-17(15)19(3,4)5;/h2-14,16-21H,1H3;6-9,11-13H,1-5H3;/q2*-1;/i;13D;. The van der Waals surface area contributed by atoms with Gasteiger partial charge in [-0.3, -0.25) is 4.98 Å². The minimum absolute atomic E-state index is 0. The summed E-state index contributed by atoms with van der Waals surface area (Å²) in [5.74, 6) is 0.174. The quantitative estimate of drug-likeness (QED) is 0.123. The number of aromatic nitrogens is 4. The molecule has 0 N–H and O–H groups in total. The normalized spacial score (nSPS) is 12.0. The maximum atomic E-state index is 8.44. The number of hydrogen-bond donors (Lipinski definition) is 0. The molecule has 0 bridgehead atoms. The van der Waals surface area contributed by atoms with Gasteiger partial charge in [0.25, 0.3) is 0 Å². The van der Waals surface area contributed by atoms with Crippen molar-refractivity contribution in [3.8, 4) is 39.5 Å². The molecular formula is C52H44IrN4OSi-2. The summed E-state index contributed by atoms with van der Waals surface area (Å²) in [6, 6.07) is 56.5. The van der Waals surface area contributed by atoms with Crippen molar-refractivity contribution >= 4 is 57.1 Å². The Hall–Kier alpha value is -5.98. The molecule has 0 unspecified atom stereocenters. The van der Waals surface area contributed by atoms with Crippen LogP contribution in [0.2, 0.25) is 19.6 Å². The van der Waals surface area contributed by atoms with E-state index in [0.29, 0.717) is 5.71 Å². The van der Waals surface area contributed by atoms with Crippen molar-refractivity contribution in [3.63, 3.8) is 0 Å². The van der Waals surface area contributed by atoms with Gasteiger partial charge < -0.3 is 14.0 Å². The number of imidazole rings is 1. The Bertz CT molecular complexity index is 3150. The molecule has 1 radical (unpaired) electrons. The van der Waals surface area contributed by atoms with Crippen LogP contribution in [0.5, 0.6) is 0 Å². The summed E-state index contributed by atoms with van der Waals surface area (Å²) in [6.45, 7) is 12.8. The number of pyridine rings is 2. The van der Waals surface area contributed by atoms with E-state index >= 15 is 0 Å². The summed E-state index contributed by atoms with van der Waals surface area (Å²) >= 11 is 0. The molecule has 0 amide bonds. The molecule has 0 saturated heterocycles. The first-order valence-electron chi connectivity index (χ1n) is 20.2. The molecule has 4 aromatic heterocycles. The molecule has 4 heterocycles. The first kappa shape index (κ1) is 38.5. The van der Waals surface area contributed by atoms with Crippen LogP contribution in [0.3, 0.4) is 0 Å². The van der Waals surface area contributed by atoms with Gasteiger partial charge in [0, 0.05) is 49.7 Å². The fourth-order valence-electron chi connectivity index (χ4n) is 7.81. The van der Waals surface area contributed by atoms with Crippen molar-refractivity contribution in [3.05, 3.63) is 175 Å². The molecule has 10 aromatic rings. The minimum Gasteiger partial charge on any atom is -0.486 e. The van der Waals surface area contributed by atoms with Gasteiger partial charge in [-0.05, 0) is 58.9 Å². The Morgan fingerprint density at radius 2 is 1.49 bits per heavy atom. The summed E-state index contributed by atoms with van der Waals surface area (Å²) in [7, 11) is -1.50. The number of fused-ring (bicyclic) bond motifs is 5. The molecule has 10 rings (SSSR count). The largest absolute Gasteiger partial charge is 0.486 e. The van der Waals surface area contributed by atoms with Crippen LogP contribution in [0.25, 0.3) is 83.3 Å². The van der Waals surface area contributed by atoms with Crippen molar-refractivity contribution < 1.29 is 25.9 Å². The Kier molecular flexibility index (Phi) is 10.7. The molecule has 0 fully saturated rings. The van der Waals surface area contributed by atoms with Gasteiger partial charge in [-0.15, -0.1) is 54.1 Å². The van der Waals surface area contributed by atoms with E-state index in [9.17, 15) is 0 Å². The maximum absolute atomic E-state index is 8.44. The number of nitrogens with zero attached hydrogens (tertiary/aromatic N) is 4. The molecule has 5 nitrogen and oxygen atoms in total. The van der Waals surface area contributed by atoms with E-state index in [0.717, 1.165) is 83.5 Å². The molecule has 0 saturated carbocycles. The monoisotopic (exact) mass is 962 g/mol. The predicted molar refractivity (Wildman–Crippen MR) is 244 cm³/mol. The Balaban J connectivity index is 0.000000202. The number of para-hydroxylation sites is 2. The molecule has 6 aromatic carbocycles. The zero-order valence-corrected chi connectivity index (χ0v) is 37.4. The summed E-state index contributed by atoms with van der Waals surface area (Å²) in [5.41, 5.74) is 11.4. The number of hydrogen-bond acceptors (Lipinski definition) is 4. The predicted octanol–water partition coefficient (Wildman–Crippen LogP) is 13.1. The molecule has 0 aliphatic rings. The van der Waals surface area contributed by atoms with Crippen molar-refractivity contribution in [2.45, 2.75) is 46.3 Å². The van der Waals surface area contributed by atoms with E-state index in [-0.39, 0.29) is 20.1 Å². The molecule has 0 atom stereocenters. The van der Waals surface area contributed by atoms with E-state index in [1.54, 1.807) is 0 Å². The van der Waals surface area contributed by atoms with Crippen LogP contribution >= 0.6 is 0 Å². The summed E-state index contributed by atoms with van der Waals surface area (Å²) in [4.78, 5) is 14.5. The second-order valence-electron chi connectivity index (χ2n) is 16.0. The zero-order valence-electron chi connectivity index (χ0n) is 35.0. The third-order valence-corrected chi connectivity index (χ3v) is 12.7. The average molecular weight is 962 g/mol. The summed E-state index contributed by atoms with van der Waals surface area (Å²) < 4.78 is 17.1. The number of benzene rings is 6. The van der Waals surface area contributed by atoms with Crippen LogP contribution in [0.15, 0.2) is 156 Å². The van der Waals surface area contributed by atoms with Crippen LogP contribution in [0.1, 0.15) is 32.4 Å². The van der Waals surface area contributed by atoms with Gasteiger partial charge in [0.1, 0.15) is 0 Å². The third kappa shape index (κ3) is 7.58. The average Bonchev–Trinajstić information content (AvgIpc) is 3.81. The SMILES string of the molecule is Cc1ccc2c(n1)oc1c(-c3nc4ccccc4n3-c3c(-c4ccccc4)ccc4ccccc34)[c-]ccc12.[2H]C(C)(C)c1cc(-c2[c-]cccc2)ncc1[Si](C)(C)C.[Ir]. The van der Waals surface area contributed by atoms with Crippen molar-refractivity contribution in [1.29, 1.82) is 0 Å². The van der Waals surface area contributed by atoms with Crippen LogP contribution in [-0.4, -0.2) is 27.6 Å². The number of furan rings is 1. The Morgan fingerprint density at radius 3 is 2.27 bits per heavy atom. The molecule has 0 aliphatic carbocycles. The Morgan fingerprint density at radius 1 is 0.729 bits per heavy atom. The van der Waals surface area contributed by atoms with Gasteiger partial charge in [0.15, 0.2) is 0 Å². The van der Waals surface area contributed by atoms with Gasteiger partial charge in [-0.25, -0.2) is 4.98 Å². The number of rotatable bonds is 6. The summed E-state index contributed by atoms with van der Waals surface area (Å²) in [6.07, 6.45) is 1.98. The van der Waals surface area contributed by atoms with Gasteiger partial charge >= 0.3 is 0 Å². The van der Waals surface area contributed by atoms with Crippen LogP contribution in [0.4, 0.5) is 0 Å². The van der Waals surface area contributed by atoms with Gasteiger partial charge in [-0.1, -0.05) is 135 Å². The van der Waals surface area contributed by atoms with Crippen LogP contribution in [-0.2, 0) is 20.1 Å². The molecule has 7 heteroatoms. The topological polar surface area (TPSA) is 56.7 Å². The molecular weight excluding hydrogens is 917 g/mol. The number of aryl methyl sites for hydroxylation is 1. The van der Waals surface area contributed by atoms with Crippen LogP contribution < -0.4 is 5.19 Å². The third-order valence-electron chi connectivity index (χ3n) is 10.7. The fraction of sp³-hybridized carbons (Fsp3) is 0.135. The molecule has 293 valence electrons. The first-order chi connectivity index (χ1) is 28.5. The van der Waals surface area contributed by atoms with Crippen molar-refractivity contribution in [2.24, 2.45) is 0 Å². The summed E-state index contributed by atoms with van der Waals surface area (Å²) in [5, 5.41) is 5.59. The second kappa shape index (κ2) is 16.3. The van der Waals surface area contributed by atoms with E-state index in [1.807, 2.05) is 75.5 Å². The second-order valence-corrected chi connectivity index (χ2v) is 21.0. The van der Waals surface area contributed by atoms with Crippen molar-refractivity contribution in [2.75, 3.05) is 0 Å². The molecule has 0 spiro atoms. The van der Waals surface area contributed by atoms with Crippen molar-refractivity contribution in [1.82, 2.24) is 19.5 Å². The first-order valence-corrected chi connectivity index (χ1v) is 23.2. The minimum atomic E-state index is -1.50. The van der Waals surface area contributed by atoms with Gasteiger partial charge in [0.2, 0.25) is 5.71 Å². The molecule has 59 heavy (non-hydrogen) atoms. The smallest absolute Gasteiger partial charge is 0.216 e. The van der Waals surface area contributed by atoms with Gasteiger partial charge in [-0.2, -0.15) is 0 Å². The zero-order chi connectivity index (χ0) is 40.9. The van der Waals surface area contributed by atoms with E-state index in [1.165, 1.54) is 10.6 Å². The fourth-order valence-corrected chi connectivity index (χ4v) is 9.40. The maximum Gasteiger partial charge on any atom is 0.216 e. The van der Waals surface area contributed by atoms with E-state index < -0.39 is 14.0 Å². The van der Waals surface area contributed by atoms with Gasteiger partial charge in [0.05, 0.1) is 36.2 Å². The van der Waals surface area contributed by atoms with E-state index in [4.69, 9.17) is 10.8 Å². The molecule has 0 aliphatic heterocycles.